The van der Waals surface area contributed by atoms with E-state index in [0.717, 1.165) is 4.90 Å². The van der Waals surface area contributed by atoms with E-state index in [0.29, 0.717) is 17.1 Å². The highest BCUT2D eigenvalue weighted by atomic mass is 32.2. The van der Waals surface area contributed by atoms with E-state index >= 15 is 0 Å². The number of benzene rings is 2. The number of halogens is 1. The first kappa shape index (κ1) is 13.6. The molecule has 1 heterocycles. The van der Waals surface area contributed by atoms with Crippen LogP contribution in [0.1, 0.15) is 5.82 Å². The fourth-order valence-electron chi connectivity index (χ4n) is 1.76. The number of aromatic nitrogens is 2. The van der Waals surface area contributed by atoms with Gasteiger partial charge in [0.15, 0.2) is 5.82 Å². The third kappa shape index (κ3) is 3.22. The molecule has 0 amide bonds. The van der Waals surface area contributed by atoms with Gasteiger partial charge in [-0.15, -0.1) is 11.8 Å². The van der Waals surface area contributed by atoms with E-state index in [4.69, 9.17) is 4.52 Å². The summed E-state index contributed by atoms with van der Waals surface area (Å²) in [4.78, 5) is 5.16. The van der Waals surface area contributed by atoms with Gasteiger partial charge in [0, 0.05) is 4.90 Å². The van der Waals surface area contributed by atoms with E-state index in [2.05, 4.69) is 10.1 Å². The molecule has 0 radical (unpaired) electrons. The summed E-state index contributed by atoms with van der Waals surface area (Å²) in [7, 11) is 0. The largest absolute Gasteiger partial charge is 0.507 e. The first-order chi connectivity index (χ1) is 10.2. The zero-order chi connectivity index (χ0) is 14.7. The van der Waals surface area contributed by atoms with Gasteiger partial charge in [0.05, 0.1) is 11.3 Å². The molecule has 0 spiro atoms. The first-order valence-electron chi connectivity index (χ1n) is 6.22. The van der Waals surface area contributed by atoms with Gasteiger partial charge in [-0.3, -0.25) is 0 Å². The summed E-state index contributed by atoms with van der Waals surface area (Å²) in [6, 6.07) is 13.0. The highest BCUT2D eigenvalue weighted by molar-refractivity contribution is 7.98. The van der Waals surface area contributed by atoms with Crippen LogP contribution in [0.3, 0.4) is 0 Å². The zero-order valence-corrected chi connectivity index (χ0v) is 11.7. The van der Waals surface area contributed by atoms with Gasteiger partial charge >= 0.3 is 0 Å². The Morgan fingerprint density at radius 3 is 2.62 bits per heavy atom. The van der Waals surface area contributed by atoms with Crippen molar-refractivity contribution in [2.45, 2.75) is 10.6 Å². The van der Waals surface area contributed by atoms with Crippen molar-refractivity contribution in [2.75, 3.05) is 0 Å². The zero-order valence-electron chi connectivity index (χ0n) is 10.9. The fourth-order valence-corrected chi connectivity index (χ4v) is 2.50. The summed E-state index contributed by atoms with van der Waals surface area (Å²) < 4.78 is 18.0. The Hall–Kier alpha value is -2.34. The molecule has 4 nitrogen and oxygen atoms in total. The smallest absolute Gasteiger partial charge is 0.261 e. The molecule has 0 fully saturated rings. The molecule has 3 aromatic rings. The molecule has 1 N–H and O–H groups in total. The predicted molar refractivity (Wildman–Crippen MR) is 77.4 cm³/mol. The van der Waals surface area contributed by atoms with Gasteiger partial charge in [-0.2, -0.15) is 4.98 Å². The van der Waals surface area contributed by atoms with Crippen molar-refractivity contribution in [3.8, 4) is 17.2 Å². The van der Waals surface area contributed by atoms with Crippen LogP contribution in [0.25, 0.3) is 11.5 Å². The lowest BCUT2D eigenvalue weighted by molar-refractivity contribution is 0.419. The second-order valence-electron chi connectivity index (χ2n) is 4.28. The maximum absolute atomic E-state index is 12.8. The van der Waals surface area contributed by atoms with Gasteiger partial charge < -0.3 is 9.63 Å². The SMILES string of the molecule is Oc1ccccc1-c1nc(CSc2ccc(F)cc2)no1. The first-order valence-corrected chi connectivity index (χ1v) is 7.20. The Morgan fingerprint density at radius 2 is 1.86 bits per heavy atom. The summed E-state index contributed by atoms with van der Waals surface area (Å²) in [5, 5.41) is 13.6. The van der Waals surface area contributed by atoms with Crippen molar-refractivity contribution in [1.82, 2.24) is 10.1 Å². The van der Waals surface area contributed by atoms with E-state index in [9.17, 15) is 9.50 Å². The Morgan fingerprint density at radius 1 is 1.10 bits per heavy atom. The average molecular weight is 302 g/mol. The number of hydrogen-bond donors (Lipinski definition) is 1. The van der Waals surface area contributed by atoms with Gasteiger partial charge in [0.1, 0.15) is 11.6 Å². The van der Waals surface area contributed by atoms with Crippen LogP contribution >= 0.6 is 11.8 Å². The minimum atomic E-state index is -0.263. The topological polar surface area (TPSA) is 59.2 Å². The van der Waals surface area contributed by atoms with Gasteiger partial charge in [-0.05, 0) is 36.4 Å². The number of nitrogens with zero attached hydrogens (tertiary/aromatic N) is 2. The highest BCUT2D eigenvalue weighted by Crippen LogP contribution is 2.28. The van der Waals surface area contributed by atoms with Gasteiger partial charge in [-0.25, -0.2) is 4.39 Å². The Balaban J connectivity index is 1.71. The maximum atomic E-state index is 12.8. The highest BCUT2D eigenvalue weighted by Gasteiger charge is 2.12. The molecular weight excluding hydrogens is 291 g/mol. The van der Waals surface area contributed by atoms with Gasteiger partial charge in [-0.1, -0.05) is 17.3 Å². The van der Waals surface area contributed by atoms with Crippen molar-refractivity contribution in [3.63, 3.8) is 0 Å². The van der Waals surface area contributed by atoms with Crippen molar-refractivity contribution in [3.05, 3.63) is 60.2 Å². The molecule has 21 heavy (non-hydrogen) atoms. The Labute approximate surface area is 124 Å². The molecule has 1 aromatic heterocycles. The second-order valence-corrected chi connectivity index (χ2v) is 5.32. The van der Waals surface area contributed by atoms with E-state index in [1.54, 1.807) is 36.4 Å². The van der Waals surface area contributed by atoms with E-state index in [1.807, 2.05) is 0 Å². The number of thioether (sulfide) groups is 1. The number of phenolic OH excluding ortho intramolecular Hbond substituents is 1. The summed E-state index contributed by atoms with van der Waals surface area (Å²) in [6.07, 6.45) is 0. The van der Waals surface area contributed by atoms with Crippen LogP contribution < -0.4 is 0 Å². The number of para-hydroxylation sites is 1. The molecule has 0 unspecified atom stereocenters. The molecule has 0 atom stereocenters. The van der Waals surface area contributed by atoms with E-state index < -0.39 is 0 Å². The summed E-state index contributed by atoms with van der Waals surface area (Å²) in [5.41, 5.74) is 0.503. The van der Waals surface area contributed by atoms with Crippen LogP contribution in [0.15, 0.2) is 57.9 Å². The van der Waals surface area contributed by atoms with Crippen molar-refractivity contribution in [1.29, 1.82) is 0 Å². The predicted octanol–water partition coefficient (Wildman–Crippen LogP) is 3.87. The molecule has 106 valence electrons. The molecular formula is C15H11FN2O2S. The molecule has 0 saturated carbocycles. The van der Waals surface area contributed by atoms with Crippen LogP contribution in [0.5, 0.6) is 5.75 Å². The standard InChI is InChI=1S/C15H11FN2O2S/c16-10-5-7-11(8-6-10)21-9-14-17-15(20-18-14)12-3-1-2-4-13(12)19/h1-8,19H,9H2. The lowest BCUT2D eigenvalue weighted by atomic mass is 10.2. The summed E-state index contributed by atoms with van der Waals surface area (Å²) in [6.45, 7) is 0. The number of phenols is 1. The molecule has 2 aromatic carbocycles. The van der Waals surface area contributed by atoms with Gasteiger partial charge in [0.25, 0.3) is 5.89 Å². The second kappa shape index (κ2) is 5.97. The molecule has 6 heteroatoms. The van der Waals surface area contributed by atoms with Gasteiger partial charge in [0.2, 0.25) is 0 Å². The van der Waals surface area contributed by atoms with Crippen molar-refractivity contribution < 1.29 is 14.0 Å². The van der Waals surface area contributed by atoms with E-state index in [1.165, 1.54) is 23.9 Å². The fraction of sp³-hybridized carbons (Fsp3) is 0.0667. The summed E-state index contributed by atoms with van der Waals surface area (Å²) >= 11 is 1.48. The lowest BCUT2D eigenvalue weighted by Gasteiger charge is -1.98. The average Bonchev–Trinajstić information content (AvgIpc) is 2.96. The molecule has 3 rings (SSSR count). The Kier molecular flexibility index (Phi) is 3.87. The normalized spacial score (nSPS) is 10.7. The minimum Gasteiger partial charge on any atom is -0.507 e. The molecule has 0 bridgehead atoms. The number of aromatic hydroxyl groups is 1. The van der Waals surface area contributed by atoms with Crippen molar-refractivity contribution >= 4 is 11.8 Å². The van der Waals surface area contributed by atoms with Crippen LogP contribution in [-0.2, 0) is 5.75 Å². The third-order valence-electron chi connectivity index (χ3n) is 2.78. The maximum Gasteiger partial charge on any atom is 0.261 e. The monoisotopic (exact) mass is 302 g/mol. The number of rotatable bonds is 4. The van der Waals surface area contributed by atoms with Crippen LogP contribution in [0.4, 0.5) is 4.39 Å². The molecule has 0 saturated heterocycles. The molecule has 0 aliphatic heterocycles. The van der Waals surface area contributed by atoms with E-state index in [-0.39, 0.29) is 17.5 Å². The van der Waals surface area contributed by atoms with Crippen LogP contribution in [0.2, 0.25) is 0 Å². The van der Waals surface area contributed by atoms with Crippen LogP contribution in [-0.4, -0.2) is 15.2 Å². The number of hydrogen-bond acceptors (Lipinski definition) is 5. The third-order valence-corrected chi connectivity index (χ3v) is 3.79. The summed E-state index contributed by atoms with van der Waals surface area (Å²) in [5.74, 6) is 1.13. The quantitative estimate of drug-likeness (QED) is 0.741. The lowest BCUT2D eigenvalue weighted by Crippen LogP contribution is -1.85. The molecule has 0 aliphatic rings. The van der Waals surface area contributed by atoms with Crippen LogP contribution in [0, 0.1) is 5.82 Å². The van der Waals surface area contributed by atoms with Crippen molar-refractivity contribution in [2.24, 2.45) is 0 Å². The molecule has 0 aliphatic carbocycles. The Bertz CT molecular complexity index is 743. The minimum absolute atomic E-state index is 0.0962.